The van der Waals surface area contributed by atoms with Crippen LogP contribution >= 0.6 is 11.3 Å². The zero-order valence-corrected chi connectivity index (χ0v) is 22.6. The summed E-state index contributed by atoms with van der Waals surface area (Å²) < 4.78 is 0.926. The molecule has 13 nitrogen and oxygen atoms in total. The average Bonchev–Trinajstić information content (AvgIpc) is 3.65. The van der Waals surface area contributed by atoms with Gasteiger partial charge in [-0.1, -0.05) is 35.6 Å². The first-order valence-corrected chi connectivity index (χ1v) is 13.7. The van der Waals surface area contributed by atoms with Crippen molar-refractivity contribution in [2.45, 2.75) is 31.7 Å². The lowest BCUT2D eigenvalue weighted by Crippen LogP contribution is -2.66. The first-order chi connectivity index (χ1) is 19.4. The Morgan fingerprint density at radius 2 is 2.17 bits per heavy atom. The number of thiazole rings is 1. The number of carbonyl (C=O) groups excluding carboxylic acids is 3. The molecule has 1 aromatic heterocycles. The predicted molar refractivity (Wildman–Crippen MR) is 148 cm³/mol. The number of carbonyl (C=O) groups is 3. The number of anilines is 2. The van der Waals surface area contributed by atoms with Crippen molar-refractivity contribution >= 4 is 50.2 Å². The van der Waals surface area contributed by atoms with Gasteiger partial charge in [0, 0.05) is 26.6 Å². The van der Waals surface area contributed by atoms with Crippen LogP contribution in [0.15, 0.2) is 36.4 Å². The average molecular weight is 561 g/mol. The molecule has 14 heteroatoms. The summed E-state index contributed by atoms with van der Waals surface area (Å²) >= 11 is 1.38. The number of hydrazine groups is 2. The number of nitrogen functional groups attached to an aromatic ring is 1. The van der Waals surface area contributed by atoms with Crippen LogP contribution in [0, 0.1) is 11.3 Å². The standard InChI is InChI=1S/C26H28N10O3S/c1-29-26(39)34(8-7-27)35-14-22(37)36-19(10-15-5-6-18-17(9-15)11-30-32-18)24(38)33(13-21(35)36)12-16-3-2-4-20-23(16)31-25(28)40-20/h2-6,9,19,21,30,32H,8,10-14H2,1H3,(H2,28,31)(H,29,39)/t19-,21+/m0/s1. The summed E-state index contributed by atoms with van der Waals surface area (Å²) in [6, 6.07) is 12.4. The molecule has 206 valence electrons. The molecule has 6 rings (SSSR count). The van der Waals surface area contributed by atoms with Gasteiger partial charge in [0.2, 0.25) is 11.8 Å². The van der Waals surface area contributed by atoms with E-state index in [-0.39, 0.29) is 38.0 Å². The van der Waals surface area contributed by atoms with Crippen molar-refractivity contribution in [2.75, 3.05) is 37.8 Å². The number of urea groups is 1. The zero-order valence-electron chi connectivity index (χ0n) is 21.8. The molecule has 2 atom stereocenters. The van der Waals surface area contributed by atoms with E-state index < -0.39 is 18.2 Å². The molecule has 3 aliphatic rings. The molecule has 0 bridgehead atoms. The maximum Gasteiger partial charge on any atom is 0.332 e. The highest BCUT2D eigenvalue weighted by molar-refractivity contribution is 7.22. The number of nitrogens with two attached hydrogens (primary N) is 1. The van der Waals surface area contributed by atoms with E-state index in [0.717, 1.165) is 32.6 Å². The Kier molecular flexibility index (Phi) is 6.62. The summed E-state index contributed by atoms with van der Waals surface area (Å²) in [6.07, 6.45) is -0.316. The van der Waals surface area contributed by atoms with Crippen LogP contribution in [0.3, 0.4) is 0 Å². The van der Waals surface area contributed by atoms with Crippen LogP contribution in [0.25, 0.3) is 10.2 Å². The van der Waals surface area contributed by atoms with Gasteiger partial charge in [0.15, 0.2) is 5.13 Å². The highest BCUT2D eigenvalue weighted by atomic mass is 32.1. The van der Waals surface area contributed by atoms with Crippen LogP contribution < -0.4 is 21.9 Å². The second kappa shape index (κ2) is 10.3. The summed E-state index contributed by atoms with van der Waals surface area (Å²) in [5.74, 6) is -0.455. The van der Waals surface area contributed by atoms with Gasteiger partial charge in [0.25, 0.3) is 0 Å². The highest BCUT2D eigenvalue weighted by Crippen LogP contribution is 2.33. The second-order valence-corrected chi connectivity index (χ2v) is 10.9. The van der Waals surface area contributed by atoms with E-state index in [9.17, 15) is 19.6 Å². The molecule has 2 fully saturated rings. The Balaban J connectivity index is 1.37. The first-order valence-electron chi connectivity index (χ1n) is 12.8. The van der Waals surface area contributed by atoms with Crippen molar-refractivity contribution in [2.24, 2.45) is 0 Å². The number of hydrogen-bond donors (Lipinski definition) is 4. The lowest BCUT2D eigenvalue weighted by atomic mass is 9.98. The van der Waals surface area contributed by atoms with Gasteiger partial charge in [0.1, 0.15) is 18.8 Å². The molecule has 4 amide bonds. The smallest absolute Gasteiger partial charge is 0.332 e. The van der Waals surface area contributed by atoms with Gasteiger partial charge >= 0.3 is 6.03 Å². The minimum atomic E-state index is -0.787. The fourth-order valence-corrected chi connectivity index (χ4v) is 6.50. The van der Waals surface area contributed by atoms with Crippen LogP contribution in [0.5, 0.6) is 0 Å². The summed E-state index contributed by atoms with van der Waals surface area (Å²) in [5, 5.41) is 15.3. The van der Waals surface area contributed by atoms with E-state index in [1.165, 1.54) is 23.4 Å². The van der Waals surface area contributed by atoms with E-state index in [2.05, 4.69) is 21.2 Å². The molecule has 0 saturated carbocycles. The molecule has 2 saturated heterocycles. The molecule has 40 heavy (non-hydrogen) atoms. The quantitative estimate of drug-likeness (QED) is 0.320. The monoisotopic (exact) mass is 560 g/mol. The van der Waals surface area contributed by atoms with Gasteiger partial charge in [-0.3, -0.25) is 9.59 Å². The maximum atomic E-state index is 14.1. The molecule has 4 heterocycles. The Bertz CT molecular complexity index is 1550. The summed E-state index contributed by atoms with van der Waals surface area (Å²) in [5.41, 5.74) is 16.7. The largest absolute Gasteiger partial charge is 0.375 e. The van der Waals surface area contributed by atoms with Crippen molar-refractivity contribution in [3.8, 4) is 6.07 Å². The number of amides is 4. The number of nitriles is 1. The fourth-order valence-electron chi connectivity index (χ4n) is 5.72. The molecular weight excluding hydrogens is 532 g/mol. The number of hydrogen-bond acceptors (Lipinski definition) is 10. The van der Waals surface area contributed by atoms with Gasteiger partial charge in [-0.05, 0) is 28.8 Å². The number of fused-ring (bicyclic) bond motifs is 3. The molecule has 0 spiro atoms. The van der Waals surface area contributed by atoms with Crippen molar-refractivity contribution in [3.63, 3.8) is 0 Å². The summed E-state index contributed by atoms with van der Waals surface area (Å²) in [4.78, 5) is 48.0. The minimum absolute atomic E-state index is 0.117. The number of rotatable bonds is 6. The lowest BCUT2D eigenvalue weighted by Gasteiger charge is -2.46. The van der Waals surface area contributed by atoms with Crippen molar-refractivity contribution in [1.29, 1.82) is 5.26 Å². The van der Waals surface area contributed by atoms with Crippen molar-refractivity contribution in [1.82, 2.24) is 35.5 Å². The number of nitrogens with one attached hydrogen (secondary N) is 3. The van der Waals surface area contributed by atoms with E-state index in [1.807, 2.05) is 42.5 Å². The third-order valence-electron chi connectivity index (χ3n) is 7.53. The third kappa shape index (κ3) is 4.43. The molecule has 5 N–H and O–H groups in total. The fraction of sp³-hybridized carbons (Fsp3) is 0.346. The Morgan fingerprint density at radius 1 is 1.32 bits per heavy atom. The van der Waals surface area contributed by atoms with Crippen molar-refractivity contribution in [3.05, 3.63) is 53.1 Å². The van der Waals surface area contributed by atoms with Crippen LogP contribution in [-0.2, 0) is 29.1 Å². The Hall–Kier alpha value is -4.45. The summed E-state index contributed by atoms with van der Waals surface area (Å²) in [6.45, 7) is 0.723. The van der Waals surface area contributed by atoms with Crippen molar-refractivity contribution < 1.29 is 14.4 Å². The first kappa shape index (κ1) is 25.8. The molecule has 3 aromatic rings. The molecule has 3 aliphatic heterocycles. The molecule has 0 unspecified atom stereocenters. The SMILES string of the molecule is CNC(=O)N(CC#N)N1CC(=O)N2[C@@H](Cc3ccc4c(c3)CNN4)C(=O)N(Cc3cccc4sc(N)nc34)C[C@@H]21. The van der Waals surface area contributed by atoms with Crippen LogP contribution in [0.4, 0.5) is 15.6 Å². The Labute approximate surface area is 234 Å². The lowest BCUT2D eigenvalue weighted by molar-refractivity contribution is -0.157. The van der Waals surface area contributed by atoms with Gasteiger partial charge in [0.05, 0.1) is 35.1 Å². The van der Waals surface area contributed by atoms with Gasteiger partial charge in [-0.2, -0.15) is 10.3 Å². The Morgan fingerprint density at radius 3 is 2.98 bits per heavy atom. The number of nitrogens with zero attached hydrogens (tertiary/aromatic N) is 6. The predicted octanol–water partition coefficient (Wildman–Crippen LogP) is 0.812. The number of benzene rings is 2. The number of piperazine rings is 1. The molecular formula is C26H28N10O3S. The van der Waals surface area contributed by atoms with Gasteiger partial charge < -0.3 is 26.3 Å². The highest BCUT2D eigenvalue weighted by Gasteiger charge is 2.52. The maximum absolute atomic E-state index is 14.1. The van der Waals surface area contributed by atoms with Gasteiger partial charge in [-0.25, -0.2) is 20.2 Å². The molecule has 0 radical (unpaired) electrons. The third-order valence-corrected chi connectivity index (χ3v) is 8.38. The van der Waals surface area contributed by atoms with Crippen LogP contribution in [-0.4, -0.2) is 81.5 Å². The van der Waals surface area contributed by atoms with Crippen LogP contribution in [0.1, 0.15) is 16.7 Å². The summed E-state index contributed by atoms with van der Waals surface area (Å²) in [7, 11) is 1.47. The van der Waals surface area contributed by atoms with E-state index in [1.54, 1.807) is 14.8 Å². The van der Waals surface area contributed by atoms with Gasteiger partial charge in [-0.15, -0.1) is 0 Å². The minimum Gasteiger partial charge on any atom is -0.375 e. The topological polar surface area (TPSA) is 163 Å². The van der Waals surface area contributed by atoms with E-state index in [4.69, 9.17) is 5.73 Å². The van der Waals surface area contributed by atoms with Crippen LogP contribution in [0.2, 0.25) is 0 Å². The second-order valence-electron chi connectivity index (χ2n) is 9.87. The zero-order chi connectivity index (χ0) is 28.0. The van der Waals surface area contributed by atoms with E-state index >= 15 is 0 Å². The molecule has 0 aliphatic carbocycles. The van der Waals surface area contributed by atoms with E-state index in [0.29, 0.717) is 18.1 Å². The normalized spacial score (nSPS) is 20.3. The molecule has 2 aromatic carbocycles. The number of aromatic nitrogens is 1. The number of para-hydroxylation sites is 1.